The Morgan fingerprint density at radius 3 is 1.25 bits per heavy atom. The van der Waals surface area contributed by atoms with Crippen molar-refractivity contribution in [3.63, 3.8) is 0 Å². The van der Waals surface area contributed by atoms with Crippen LogP contribution < -0.4 is 10.6 Å². The lowest BCUT2D eigenvalue weighted by molar-refractivity contribution is -0.139. The minimum atomic E-state index is -0.870. The van der Waals surface area contributed by atoms with Crippen LogP contribution in [-0.2, 0) is 32.3 Å². The smallest absolute Gasteiger partial charge is 0.303 e. The molecule has 10 nitrogen and oxygen atoms in total. The summed E-state index contributed by atoms with van der Waals surface area (Å²) in [6.07, 6.45) is 7.84. The monoisotopic (exact) mass is 446 g/mol. The second-order valence-corrected chi connectivity index (χ2v) is 6.52. The molecule has 10 heteroatoms. The molecule has 2 aromatic heterocycles. The molecule has 0 bridgehead atoms. The molecule has 2 aromatic rings. The first-order valence-corrected chi connectivity index (χ1v) is 9.91. The Hall–Kier alpha value is -3.82. The molecule has 32 heavy (non-hydrogen) atoms. The van der Waals surface area contributed by atoms with Crippen molar-refractivity contribution < 1.29 is 29.4 Å². The summed E-state index contributed by atoms with van der Waals surface area (Å²) in [5, 5.41) is 21.7. The van der Waals surface area contributed by atoms with Crippen LogP contribution in [0.1, 0.15) is 50.7 Å². The van der Waals surface area contributed by atoms with Crippen LogP contribution in [0.2, 0.25) is 0 Å². The molecule has 0 saturated carbocycles. The number of carboxylic acids is 2. The number of hydrogen-bond donors (Lipinski definition) is 4. The van der Waals surface area contributed by atoms with Gasteiger partial charge in [-0.25, -0.2) is 0 Å². The Balaban J connectivity index is 0.000000452. The number of aliphatic carboxylic acids is 2. The molecule has 0 fully saturated rings. The summed E-state index contributed by atoms with van der Waals surface area (Å²) in [5.74, 6) is -1.76. The Morgan fingerprint density at radius 2 is 1.00 bits per heavy atom. The third-order valence-electron chi connectivity index (χ3n) is 3.61. The Morgan fingerprint density at radius 1 is 0.688 bits per heavy atom. The number of rotatable bonds is 9. The number of pyridine rings is 2. The fraction of sp³-hybridized carbons (Fsp3) is 0.364. The molecule has 0 radical (unpaired) electrons. The molecule has 174 valence electrons. The topological polar surface area (TPSA) is 159 Å². The van der Waals surface area contributed by atoms with Crippen molar-refractivity contribution >= 4 is 23.8 Å². The standard InChI is InChI=1S/2C8H10N2O.C6H10O4/c2*1-7(11)10-6-8-2-4-9-5-3-8;7-5(8)3-1-2-4-6(9)10/h2*2-5H,6H2,1H3,(H,10,11);1-4H2,(H,7,8)(H,9,10). The number of nitrogens with zero attached hydrogens (tertiary/aromatic N) is 2. The fourth-order valence-corrected chi connectivity index (χ4v) is 2.01. The Labute approximate surface area is 187 Å². The van der Waals surface area contributed by atoms with Gasteiger partial charge in [0.05, 0.1) is 0 Å². The van der Waals surface area contributed by atoms with Crippen molar-refractivity contribution in [3.05, 3.63) is 60.2 Å². The maximum atomic E-state index is 10.5. The number of unbranched alkanes of at least 4 members (excludes halogenated alkanes) is 1. The highest BCUT2D eigenvalue weighted by molar-refractivity contribution is 5.73. The van der Waals surface area contributed by atoms with Crippen molar-refractivity contribution in [2.75, 3.05) is 0 Å². The molecule has 0 aromatic carbocycles. The van der Waals surface area contributed by atoms with E-state index in [0.717, 1.165) is 11.1 Å². The average molecular weight is 447 g/mol. The van der Waals surface area contributed by atoms with Gasteiger partial charge in [-0.2, -0.15) is 0 Å². The van der Waals surface area contributed by atoms with Crippen LogP contribution in [0.15, 0.2) is 49.1 Å². The number of hydrogen-bond acceptors (Lipinski definition) is 6. The molecule has 0 aliphatic heterocycles. The van der Waals surface area contributed by atoms with Crippen LogP contribution in [0.4, 0.5) is 0 Å². The molecular weight excluding hydrogens is 416 g/mol. The zero-order valence-electron chi connectivity index (χ0n) is 18.3. The zero-order valence-corrected chi connectivity index (χ0v) is 18.3. The number of nitrogens with one attached hydrogen (secondary N) is 2. The molecule has 0 saturated heterocycles. The van der Waals surface area contributed by atoms with E-state index in [2.05, 4.69) is 20.6 Å². The van der Waals surface area contributed by atoms with Gasteiger partial charge in [0.15, 0.2) is 0 Å². The second kappa shape index (κ2) is 18.0. The van der Waals surface area contributed by atoms with E-state index < -0.39 is 11.9 Å². The van der Waals surface area contributed by atoms with E-state index in [1.165, 1.54) is 13.8 Å². The number of carbonyl (C=O) groups is 4. The van der Waals surface area contributed by atoms with Crippen molar-refractivity contribution in [2.45, 2.75) is 52.6 Å². The van der Waals surface area contributed by atoms with Crippen molar-refractivity contribution in [1.29, 1.82) is 0 Å². The predicted octanol–water partition coefficient (Wildman–Crippen LogP) is 2.15. The van der Waals surface area contributed by atoms with Crippen LogP contribution in [0.25, 0.3) is 0 Å². The number of carbonyl (C=O) groups excluding carboxylic acids is 2. The average Bonchev–Trinajstić information content (AvgIpc) is 2.76. The third-order valence-corrected chi connectivity index (χ3v) is 3.61. The van der Waals surface area contributed by atoms with E-state index in [0.29, 0.717) is 25.9 Å². The van der Waals surface area contributed by atoms with Crippen molar-refractivity contribution in [1.82, 2.24) is 20.6 Å². The maximum absolute atomic E-state index is 10.5. The van der Waals surface area contributed by atoms with Gasteiger partial charge in [-0.15, -0.1) is 0 Å². The molecule has 2 amide bonds. The number of amides is 2. The lowest BCUT2D eigenvalue weighted by atomic mass is 10.2. The molecule has 2 heterocycles. The third kappa shape index (κ3) is 19.5. The minimum absolute atomic E-state index is 0.0122. The lowest BCUT2D eigenvalue weighted by Crippen LogP contribution is -2.18. The highest BCUT2D eigenvalue weighted by Crippen LogP contribution is 1.98. The summed E-state index contributed by atoms with van der Waals surface area (Å²) in [6.45, 7) is 4.16. The van der Waals surface area contributed by atoms with Crippen molar-refractivity contribution in [3.8, 4) is 0 Å². The van der Waals surface area contributed by atoms with Crippen LogP contribution in [0, 0.1) is 0 Å². The minimum Gasteiger partial charge on any atom is -0.481 e. The van der Waals surface area contributed by atoms with E-state index in [4.69, 9.17) is 10.2 Å². The summed E-state index contributed by atoms with van der Waals surface area (Å²) >= 11 is 0. The van der Waals surface area contributed by atoms with Crippen LogP contribution >= 0.6 is 0 Å². The van der Waals surface area contributed by atoms with Crippen molar-refractivity contribution in [2.24, 2.45) is 0 Å². The van der Waals surface area contributed by atoms with Gasteiger partial charge in [-0.1, -0.05) is 0 Å². The first kappa shape index (κ1) is 28.2. The summed E-state index contributed by atoms with van der Waals surface area (Å²) in [4.78, 5) is 48.5. The van der Waals surface area contributed by atoms with Gasteiger partial charge in [0.1, 0.15) is 0 Å². The predicted molar refractivity (Wildman–Crippen MR) is 117 cm³/mol. The van der Waals surface area contributed by atoms with Crippen LogP contribution in [-0.4, -0.2) is 43.9 Å². The Kier molecular flexibility index (Phi) is 15.8. The Bertz CT molecular complexity index is 746. The van der Waals surface area contributed by atoms with Gasteiger partial charge in [0.25, 0.3) is 0 Å². The SMILES string of the molecule is CC(=O)NCc1ccncc1.CC(=O)NCc1ccncc1.O=C(O)CCCCC(=O)O. The van der Waals surface area contributed by atoms with Gasteiger partial charge in [0.2, 0.25) is 11.8 Å². The lowest BCUT2D eigenvalue weighted by Gasteiger charge is -1.99. The van der Waals surface area contributed by atoms with E-state index in [9.17, 15) is 19.2 Å². The highest BCUT2D eigenvalue weighted by atomic mass is 16.4. The van der Waals surface area contributed by atoms with Crippen LogP contribution in [0.5, 0.6) is 0 Å². The number of carboxylic acid groups (broad SMARTS) is 2. The summed E-state index contributed by atoms with van der Waals surface area (Å²) in [6, 6.07) is 7.48. The van der Waals surface area contributed by atoms with E-state index >= 15 is 0 Å². The van der Waals surface area contributed by atoms with Gasteiger partial charge in [-0.3, -0.25) is 29.1 Å². The zero-order chi connectivity index (χ0) is 24.2. The fourth-order valence-electron chi connectivity index (χ4n) is 2.01. The van der Waals surface area contributed by atoms with Gasteiger partial charge in [0, 0.05) is 64.6 Å². The number of aromatic nitrogens is 2. The van der Waals surface area contributed by atoms with E-state index in [1.807, 2.05) is 24.3 Å². The van der Waals surface area contributed by atoms with Gasteiger partial charge in [-0.05, 0) is 48.2 Å². The molecule has 4 N–H and O–H groups in total. The maximum Gasteiger partial charge on any atom is 0.303 e. The summed E-state index contributed by atoms with van der Waals surface area (Å²) in [5.41, 5.74) is 2.13. The highest BCUT2D eigenvalue weighted by Gasteiger charge is 1.99. The molecule has 0 spiro atoms. The molecule has 0 aliphatic carbocycles. The molecular formula is C22H30N4O6. The second-order valence-electron chi connectivity index (χ2n) is 6.52. The quantitative estimate of drug-likeness (QED) is 0.426. The molecule has 0 atom stereocenters. The normalized spacial score (nSPS) is 9.19. The summed E-state index contributed by atoms with van der Waals surface area (Å²) < 4.78 is 0. The molecule has 0 aliphatic rings. The first-order chi connectivity index (χ1) is 15.2. The van der Waals surface area contributed by atoms with Gasteiger partial charge >= 0.3 is 11.9 Å². The molecule has 2 rings (SSSR count). The first-order valence-electron chi connectivity index (χ1n) is 9.91. The van der Waals surface area contributed by atoms with E-state index in [1.54, 1.807) is 24.8 Å². The molecule has 0 unspecified atom stereocenters. The van der Waals surface area contributed by atoms with Gasteiger partial charge < -0.3 is 20.8 Å². The van der Waals surface area contributed by atoms with E-state index in [-0.39, 0.29) is 24.7 Å². The largest absolute Gasteiger partial charge is 0.481 e. The summed E-state index contributed by atoms with van der Waals surface area (Å²) in [7, 11) is 0. The van der Waals surface area contributed by atoms with Crippen LogP contribution in [0.3, 0.4) is 0 Å².